The van der Waals surface area contributed by atoms with Crippen molar-refractivity contribution in [1.82, 2.24) is 19.5 Å². The van der Waals surface area contributed by atoms with E-state index in [9.17, 15) is 18.8 Å². The van der Waals surface area contributed by atoms with Gasteiger partial charge in [0.25, 0.3) is 11.8 Å². The van der Waals surface area contributed by atoms with Crippen LogP contribution in [0.2, 0.25) is 0 Å². The van der Waals surface area contributed by atoms with Crippen molar-refractivity contribution in [2.24, 2.45) is 5.73 Å². The number of rotatable bonds is 5. The van der Waals surface area contributed by atoms with Crippen LogP contribution < -0.4 is 16.9 Å². The molecule has 5 N–H and O–H groups in total. The molecular formula is C27H32FN7O4. The molecule has 0 unspecified atom stereocenters. The number of nitrogens with one attached hydrogen (secondary N) is 1. The van der Waals surface area contributed by atoms with Gasteiger partial charge in [0.1, 0.15) is 22.9 Å². The molecule has 39 heavy (non-hydrogen) atoms. The first-order chi connectivity index (χ1) is 18.4. The lowest BCUT2D eigenvalue weighted by molar-refractivity contribution is 0.00821. The third-order valence-corrected chi connectivity index (χ3v) is 6.31. The molecule has 2 aromatic heterocycles. The smallest absolute Gasteiger partial charge is 0.410 e. The van der Waals surface area contributed by atoms with Gasteiger partial charge in [-0.05, 0) is 70.7 Å². The zero-order valence-electron chi connectivity index (χ0n) is 22.3. The first-order valence-corrected chi connectivity index (χ1v) is 12.6. The number of nitrogen functional groups attached to an aromatic ring is 1. The minimum atomic E-state index is -0.787. The van der Waals surface area contributed by atoms with Gasteiger partial charge in [0.15, 0.2) is 11.5 Å². The number of nitrogens with zero attached hydrogens (tertiary/aromatic N) is 4. The highest BCUT2D eigenvalue weighted by molar-refractivity contribution is 6.04. The quantitative estimate of drug-likeness (QED) is 0.416. The molecule has 206 valence electrons. The number of piperidine rings is 1. The average Bonchev–Trinajstić information content (AvgIpc) is 3.22. The maximum atomic E-state index is 13.5. The summed E-state index contributed by atoms with van der Waals surface area (Å²) < 4.78 is 20.2. The summed E-state index contributed by atoms with van der Waals surface area (Å²) in [5, 5.41) is 2.62. The number of primary amides is 1. The van der Waals surface area contributed by atoms with Gasteiger partial charge in [-0.25, -0.2) is 23.8 Å². The Morgan fingerprint density at radius 1 is 1.15 bits per heavy atom. The van der Waals surface area contributed by atoms with Crippen LogP contribution in [0.15, 0.2) is 36.5 Å². The molecule has 12 heteroatoms. The van der Waals surface area contributed by atoms with Crippen molar-refractivity contribution in [2.75, 3.05) is 17.7 Å². The fraction of sp³-hybridized carbons (Fsp3) is 0.370. The van der Waals surface area contributed by atoms with Crippen molar-refractivity contribution in [1.29, 1.82) is 0 Å². The van der Waals surface area contributed by atoms with Gasteiger partial charge < -0.3 is 21.6 Å². The molecule has 0 radical (unpaired) electrons. The van der Waals surface area contributed by atoms with E-state index in [1.807, 2.05) is 0 Å². The molecule has 1 aliphatic rings. The van der Waals surface area contributed by atoms with E-state index in [0.29, 0.717) is 35.5 Å². The highest BCUT2D eigenvalue weighted by Crippen LogP contribution is 2.34. The van der Waals surface area contributed by atoms with Gasteiger partial charge in [-0.2, -0.15) is 0 Å². The summed E-state index contributed by atoms with van der Waals surface area (Å²) in [7, 11) is 0. The molecular weight excluding hydrogens is 505 g/mol. The maximum Gasteiger partial charge on any atom is 0.410 e. The monoisotopic (exact) mass is 537 g/mol. The Kier molecular flexibility index (Phi) is 7.57. The second kappa shape index (κ2) is 10.7. The lowest BCUT2D eigenvalue weighted by atomic mass is 10.0. The number of pyridine rings is 1. The van der Waals surface area contributed by atoms with E-state index >= 15 is 0 Å². The maximum absolute atomic E-state index is 13.5. The predicted molar refractivity (Wildman–Crippen MR) is 143 cm³/mol. The number of halogens is 1. The van der Waals surface area contributed by atoms with Crippen molar-refractivity contribution >= 4 is 23.7 Å². The van der Waals surface area contributed by atoms with Gasteiger partial charge >= 0.3 is 6.09 Å². The Hall–Kier alpha value is -4.48. The third-order valence-electron chi connectivity index (χ3n) is 6.31. The van der Waals surface area contributed by atoms with Crippen LogP contribution in [0.5, 0.6) is 0 Å². The van der Waals surface area contributed by atoms with Gasteiger partial charge in [0.2, 0.25) is 0 Å². The van der Waals surface area contributed by atoms with E-state index in [1.165, 1.54) is 6.07 Å². The molecule has 0 saturated carbocycles. The molecule has 3 heterocycles. The van der Waals surface area contributed by atoms with E-state index in [4.69, 9.17) is 16.3 Å². The number of carbonyl (C=O) groups is 3. The molecule has 1 aliphatic heterocycles. The van der Waals surface area contributed by atoms with Crippen molar-refractivity contribution in [3.8, 4) is 11.3 Å². The summed E-state index contributed by atoms with van der Waals surface area (Å²) in [4.78, 5) is 48.2. The Morgan fingerprint density at radius 2 is 1.85 bits per heavy atom. The molecule has 0 spiro atoms. The van der Waals surface area contributed by atoms with Gasteiger partial charge in [-0.15, -0.1) is 0 Å². The first-order valence-electron chi connectivity index (χ1n) is 12.6. The summed E-state index contributed by atoms with van der Waals surface area (Å²) in [6, 6.07) is 7.25. The molecule has 3 aromatic rings. The standard InChI is InChI=1S/C27H32FN7O4/c1-15-13-20(31-14-18(15)28)32-25(37)17-10-8-16(9-11-17)21-22(23(29)36)35(30)24(33-21)19-7-5-6-12-34(19)26(38)39-27(2,3)4/h8-11,13-14,19H,5-7,12,30H2,1-4H3,(H2,29,36)(H,31,32,37)/t19-/m0/s1. The number of benzene rings is 1. The van der Waals surface area contributed by atoms with Crippen LogP contribution >= 0.6 is 0 Å². The van der Waals surface area contributed by atoms with Gasteiger partial charge in [0, 0.05) is 17.7 Å². The molecule has 4 rings (SSSR count). The fourth-order valence-electron chi connectivity index (χ4n) is 4.44. The number of aromatic nitrogens is 3. The number of nitrogens with two attached hydrogens (primary N) is 2. The largest absolute Gasteiger partial charge is 0.444 e. The van der Waals surface area contributed by atoms with E-state index in [2.05, 4.69) is 15.3 Å². The minimum absolute atomic E-state index is 0.0251. The highest BCUT2D eigenvalue weighted by atomic mass is 19.1. The van der Waals surface area contributed by atoms with Crippen LogP contribution in [0.1, 0.15) is 78.3 Å². The van der Waals surface area contributed by atoms with Crippen LogP contribution in [0, 0.1) is 12.7 Å². The lowest BCUT2D eigenvalue weighted by Crippen LogP contribution is -2.43. The highest BCUT2D eigenvalue weighted by Gasteiger charge is 2.36. The van der Waals surface area contributed by atoms with Crippen LogP contribution in [-0.4, -0.2) is 49.6 Å². The van der Waals surface area contributed by atoms with E-state index < -0.39 is 35.4 Å². The molecule has 1 fully saturated rings. The number of imidazole rings is 1. The summed E-state index contributed by atoms with van der Waals surface area (Å²) in [6.07, 6.45) is 2.77. The number of hydrogen-bond donors (Lipinski definition) is 3. The van der Waals surface area contributed by atoms with Crippen molar-refractivity contribution < 1.29 is 23.5 Å². The number of anilines is 1. The minimum Gasteiger partial charge on any atom is -0.444 e. The van der Waals surface area contributed by atoms with Crippen LogP contribution in [0.4, 0.5) is 15.0 Å². The zero-order chi connectivity index (χ0) is 28.5. The number of carbonyl (C=O) groups excluding carboxylic acids is 3. The molecule has 1 aromatic carbocycles. The molecule has 0 aliphatic carbocycles. The van der Waals surface area contributed by atoms with E-state index in [-0.39, 0.29) is 17.2 Å². The molecule has 0 bridgehead atoms. The topological polar surface area (TPSA) is 158 Å². The second-order valence-electron chi connectivity index (χ2n) is 10.4. The number of amides is 3. The van der Waals surface area contributed by atoms with E-state index in [1.54, 1.807) is 56.9 Å². The number of likely N-dealkylation sites (tertiary alicyclic amines) is 1. The first kappa shape index (κ1) is 27.6. The molecule has 1 saturated heterocycles. The summed E-state index contributed by atoms with van der Waals surface area (Å²) in [5.41, 5.74) is 6.36. The van der Waals surface area contributed by atoms with Crippen LogP contribution in [0.25, 0.3) is 11.3 Å². The molecule has 3 amide bonds. The van der Waals surface area contributed by atoms with Gasteiger partial charge in [-0.3, -0.25) is 14.5 Å². The lowest BCUT2D eigenvalue weighted by Gasteiger charge is -2.36. The van der Waals surface area contributed by atoms with Gasteiger partial charge in [0.05, 0.1) is 12.2 Å². The number of hydrogen-bond acceptors (Lipinski definition) is 7. The SMILES string of the molecule is Cc1cc(NC(=O)c2ccc(-c3nc([C@@H]4CCCCN4C(=O)OC(C)(C)C)n(N)c3C(N)=O)cc2)ncc1F. The Morgan fingerprint density at radius 3 is 2.46 bits per heavy atom. The van der Waals surface area contributed by atoms with Crippen LogP contribution in [0.3, 0.4) is 0 Å². The Labute approximate surface area is 225 Å². The Bertz CT molecular complexity index is 1410. The molecule has 1 atom stereocenters. The summed E-state index contributed by atoms with van der Waals surface area (Å²) >= 11 is 0. The summed E-state index contributed by atoms with van der Waals surface area (Å²) in [5.74, 6) is 5.15. The predicted octanol–water partition coefficient (Wildman–Crippen LogP) is 3.92. The molecule has 11 nitrogen and oxygen atoms in total. The zero-order valence-corrected chi connectivity index (χ0v) is 22.3. The van der Waals surface area contributed by atoms with Gasteiger partial charge in [-0.1, -0.05) is 12.1 Å². The van der Waals surface area contributed by atoms with Crippen molar-refractivity contribution in [3.63, 3.8) is 0 Å². The number of ether oxygens (including phenoxy) is 1. The average molecular weight is 538 g/mol. The van der Waals surface area contributed by atoms with Crippen molar-refractivity contribution in [3.05, 3.63) is 65.0 Å². The summed E-state index contributed by atoms with van der Waals surface area (Å²) in [6.45, 7) is 7.40. The number of aryl methyl sites for hydroxylation is 1. The van der Waals surface area contributed by atoms with Crippen molar-refractivity contribution in [2.45, 2.75) is 58.6 Å². The Balaban J connectivity index is 1.63. The fourth-order valence-corrected chi connectivity index (χ4v) is 4.44. The normalized spacial score (nSPS) is 15.6. The van der Waals surface area contributed by atoms with Crippen LogP contribution in [-0.2, 0) is 4.74 Å². The van der Waals surface area contributed by atoms with E-state index in [0.717, 1.165) is 23.7 Å². The third kappa shape index (κ3) is 6.00. The second-order valence-corrected chi connectivity index (χ2v) is 10.4.